The zero-order valence-electron chi connectivity index (χ0n) is 14.1. The monoisotopic (exact) mass is 336 g/mol. The molecule has 0 unspecified atom stereocenters. The van der Waals surface area contributed by atoms with Gasteiger partial charge in [-0.3, -0.25) is 9.59 Å². The van der Waals surface area contributed by atoms with Crippen molar-refractivity contribution in [1.29, 1.82) is 0 Å². The van der Waals surface area contributed by atoms with Gasteiger partial charge in [-0.05, 0) is 38.1 Å². The lowest BCUT2D eigenvalue weighted by molar-refractivity contribution is -0.117. The minimum absolute atomic E-state index is 0.127. The summed E-state index contributed by atoms with van der Waals surface area (Å²) in [6.07, 6.45) is -1.60. The third-order valence-electron chi connectivity index (χ3n) is 2.90. The fourth-order valence-corrected chi connectivity index (χ4v) is 1.96. The van der Waals surface area contributed by atoms with E-state index in [-0.39, 0.29) is 24.6 Å². The van der Waals surface area contributed by atoms with Crippen LogP contribution in [-0.4, -0.2) is 37.2 Å². The van der Waals surface area contributed by atoms with Crippen molar-refractivity contribution >= 4 is 35.4 Å². The molecular formula is C16H20N2O6. The normalized spacial score (nSPS) is 9.83. The Morgan fingerprint density at radius 3 is 1.25 bits per heavy atom. The van der Waals surface area contributed by atoms with E-state index in [4.69, 9.17) is 9.47 Å². The molecule has 0 atom stereocenters. The lowest BCUT2D eigenvalue weighted by Crippen LogP contribution is -2.37. The molecule has 8 nitrogen and oxygen atoms in total. The van der Waals surface area contributed by atoms with Crippen LogP contribution < -0.4 is 9.80 Å². The largest absolute Gasteiger partial charge is 0.449 e. The molecule has 130 valence electrons. The van der Waals surface area contributed by atoms with Crippen LogP contribution in [0.3, 0.4) is 0 Å². The lowest BCUT2D eigenvalue weighted by Gasteiger charge is -2.21. The van der Waals surface area contributed by atoms with Gasteiger partial charge in [-0.2, -0.15) is 0 Å². The van der Waals surface area contributed by atoms with Gasteiger partial charge in [-0.1, -0.05) is 0 Å². The second-order valence-electron chi connectivity index (χ2n) is 4.62. The van der Waals surface area contributed by atoms with E-state index >= 15 is 0 Å². The quantitative estimate of drug-likeness (QED) is 0.839. The Bertz CT molecular complexity index is 571. The molecule has 0 heterocycles. The Labute approximate surface area is 139 Å². The predicted octanol–water partition coefficient (Wildman–Crippen LogP) is 2.71. The number of hydrogen-bond donors (Lipinski definition) is 0. The molecule has 0 aliphatic rings. The van der Waals surface area contributed by atoms with Crippen molar-refractivity contribution in [3.63, 3.8) is 0 Å². The average molecular weight is 336 g/mol. The van der Waals surface area contributed by atoms with Crippen molar-refractivity contribution in [2.75, 3.05) is 23.0 Å². The van der Waals surface area contributed by atoms with Gasteiger partial charge < -0.3 is 9.47 Å². The van der Waals surface area contributed by atoms with Gasteiger partial charge >= 0.3 is 12.2 Å². The SMILES string of the molecule is CCOC(=O)N(C(C)=O)c1ccc(N(C(C)=O)C(=O)OCC)cc1. The van der Waals surface area contributed by atoms with Crippen molar-refractivity contribution in [3.8, 4) is 0 Å². The molecule has 0 aliphatic carbocycles. The van der Waals surface area contributed by atoms with E-state index in [1.807, 2.05) is 0 Å². The maximum Gasteiger partial charge on any atom is 0.421 e. The van der Waals surface area contributed by atoms with Crippen LogP contribution >= 0.6 is 0 Å². The molecule has 1 aromatic rings. The van der Waals surface area contributed by atoms with Crippen LogP contribution in [0.1, 0.15) is 27.7 Å². The zero-order valence-corrected chi connectivity index (χ0v) is 14.1. The highest BCUT2D eigenvalue weighted by atomic mass is 16.6. The molecular weight excluding hydrogens is 316 g/mol. The number of nitrogens with zero attached hydrogens (tertiary/aromatic N) is 2. The third kappa shape index (κ3) is 4.55. The molecule has 0 aliphatic heterocycles. The van der Waals surface area contributed by atoms with Gasteiger partial charge in [0, 0.05) is 13.8 Å². The van der Waals surface area contributed by atoms with Gasteiger partial charge in [0.15, 0.2) is 0 Å². The van der Waals surface area contributed by atoms with E-state index in [2.05, 4.69) is 0 Å². The molecule has 0 fully saturated rings. The molecule has 8 heteroatoms. The smallest absolute Gasteiger partial charge is 0.421 e. The van der Waals surface area contributed by atoms with Crippen LogP contribution in [-0.2, 0) is 19.1 Å². The maximum absolute atomic E-state index is 11.8. The van der Waals surface area contributed by atoms with Crippen LogP contribution in [0.25, 0.3) is 0 Å². The van der Waals surface area contributed by atoms with E-state index in [0.29, 0.717) is 0 Å². The second-order valence-corrected chi connectivity index (χ2v) is 4.62. The molecule has 4 amide bonds. The van der Waals surface area contributed by atoms with Crippen LogP contribution in [0, 0.1) is 0 Å². The predicted molar refractivity (Wildman–Crippen MR) is 86.8 cm³/mol. The minimum Gasteiger partial charge on any atom is -0.449 e. The maximum atomic E-state index is 11.8. The topological polar surface area (TPSA) is 93.2 Å². The Balaban J connectivity index is 3.13. The van der Waals surface area contributed by atoms with E-state index < -0.39 is 24.0 Å². The number of anilines is 2. The number of carbonyl (C=O) groups is 4. The molecule has 0 aromatic heterocycles. The lowest BCUT2D eigenvalue weighted by atomic mass is 10.2. The number of amides is 4. The number of ether oxygens (including phenoxy) is 2. The Morgan fingerprint density at radius 1 is 0.750 bits per heavy atom. The number of rotatable bonds is 4. The van der Waals surface area contributed by atoms with Crippen molar-refractivity contribution in [1.82, 2.24) is 0 Å². The van der Waals surface area contributed by atoms with Crippen LogP contribution in [0.5, 0.6) is 0 Å². The number of benzene rings is 1. The molecule has 24 heavy (non-hydrogen) atoms. The number of hydrogen-bond acceptors (Lipinski definition) is 6. The third-order valence-corrected chi connectivity index (χ3v) is 2.90. The standard InChI is InChI=1S/C16H20N2O6/c1-5-23-15(21)17(11(3)19)13-7-9-14(10-8-13)18(12(4)20)16(22)24-6-2/h7-10H,5-6H2,1-4H3. The summed E-state index contributed by atoms with van der Waals surface area (Å²) in [7, 11) is 0. The van der Waals surface area contributed by atoms with Gasteiger partial charge in [-0.15, -0.1) is 0 Å². The van der Waals surface area contributed by atoms with Gasteiger partial charge in [0.1, 0.15) is 0 Å². The fraction of sp³-hybridized carbons (Fsp3) is 0.375. The van der Waals surface area contributed by atoms with Crippen molar-refractivity contribution in [2.45, 2.75) is 27.7 Å². The first-order chi connectivity index (χ1) is 11.3. The van der Waals surface area contributed by atoms with Crippen LogP contribution in [0.2, 0.25) is 0 Å². The summed E-state index contributed by atoms with van der Waals surface area (Å²) in [4.78, 5) is 48.7. The van der Waals surface area contributed by atoms with Gasteiger partial charge in [0.25, 0.3) is 0 Å². The van der Waals surface area contributed by atoms with Crippen molar-refractivity contribution in [3.05, 3.63) is 24.3 Å². The highest BCUT2D eigenvalue weighted by Crippen LogP contribution is 2.22. The summed E-state index contributed by atoms with van der Waals surface area (Å²) in [5.74, 6) is -1.04. The molecule has 0 saturated heterocycles. The summed E-state index contributed by atoms with van der Waals surface area (Å²) in [5, 5.41) is 0. The summed E-state index contributed by atoms with van der Waals surface area (Å²) in [6.45, 7) is 5.97. The Morgan fingerprint density at radius 2 is 1.04 bits per heavy atom. The summed E-state index contributed by atoms with van der Waals surface area (Å²) < 4.78 is 9.67. The van der Waals surface area contributed by atoms with E-state index in [1.165, 1.54) is 38.1 Å². The fourth-order valence-electron chi connectivity index (χ4n) is 1.96. The van der Waals surface area contributed by atoms with E-state index in [1.54, 1.807) is 13.8 Å². The van der Waals surface area contributed by atoms with Crippen molar-refractivity contribution < 1.29 is 28.7 Å². The first kappa shape index (κ1) is 19.1. The molecule has 0 N–H and O–H groups in total. The van der Waals surface area contributed by atoms with Gasteiger partial charge in [0.2, 0.25) is 11.8 Å². The van der Waals surface area contributed by atoms with E-state index in [9.17, 15) is 19.2 Å². The summed E-state index contributed by atoms with van der Waals surface area (Å²) in [5.41, 5.74) is 0.522. The van der Waals surface area contributed by atoms with E-state index in [0.717, 1.165) is 9.80 Å². The molecule has 0 spiro atoms. The number of imide groups is 2. The highest BCUT2D eigenvalue weighted by molar-refractivity contribution is 6.13. The molecule has 0 saturated carbocycles. The Kier molecular flexibility index (Phi) is 6.91. The first-order valence-electron chi connectivity index (χ1n) is 7.38. The molecule has 0 radical (unpaired) electrons. The van der Waals surface area contributed by atoms with Gasteiger partial charge in [-0.25, -0.2) is 19.4 Å². The molecule has 1 rings (SSSR count). The van der Waals surface area contributed by atoms with Crippen LogP contribution in [0.4, 0.5) is 21.0 Å². The first-order valence-corrected chi connectivity index (χ1v) is 7.38. The average Bonchev–Trinajstić information content (AvgIpc) is 2.49. The molecule has 1 aromatic carbocycles. The van der Waals surface area contributed by atoms with Crippen molar-refractivity contribution in [2.24, 2.45) is 0 Å². The summed E-state index contributed by atoms with van der Waals surface area (Å²) in [6, 6.07) is 5.73. The van der Waals surface area contributed by atoms with Gasteiger partial charge in [0.05, 0.1) is 24.6 Å². The Hall–Kier alpha value is -2.90. The van der Waals surface area contributed by atoms with Crippen LogP contribution in [0.15, 0.2) is 24.3 Å². The molecule has 0 bridgehead atoms. The zero-order chi connectivity index (χ0) is 18.3. The highest BCUT2D eigenvalue weighted by Gasteiger charge is 2.24. The summed E-state index contributed by atoms with van der Waals surface area (Å²) >= 11 is 0. The second kappa shape index (κ2) is 8.66. The number of carbonyl (C=O) groups excluding carboxylic acids is 4. The minimum atomic E-state index is -0.799.